The third-order valence-electron chi connectivity index (χ3n) is 4.56. The summed E-state index contributed by atoms with van der Waals surface area (Å²) in [5.41, 5.74) is 8.32. The molecule has 4 rings (SSSR count). The van der Waals surface area contributed by atoms with E-state index in [0.29, 0.717) is 17.8 Å². The van der Waals surface area contributed by atoms with Crippen LogP contribution in [-0.4, -0.2) is 18.4 Å². The van der Waals surface area contributed by atoms with Crippen molar-refractivity contribution in [3.63, 3.8) is 0 Å². The molecule has 0 radical (unpaired) electrons. The van der Waals surface area contributed by atoms with Crippen LogP contribution < -0.4 is 16.0 Å². The highest BCUT2D eigenvalue weighted by Gasteiger charge is 2.23. The molecule has 3 aromatic rings. The number of nitrogens with one attached hydrogen (secondary N) is 1. The molecule has 3 aromatic carbocycles. The molecular formula is C22H19N3O2S. The number of hydrogen-bond donors (Lipinski definition) is 2. The van der Waals surface area contributed by atoms with Gasteiger partial charge in [0.05, 0.1) is 22.6 Å². The largest absolute Gasteiger partial charge is 0.366 e. The lowest BCUT2D eigenvalue weighted by Crippen LogP contribution is -2.26. The maximum atomic E-state index is 12.6. The van der Waals surface area contributed by atoms with Crippen molar-refractivity contribution >= 4 is 40.6 Å². The number of benzene rings is 3. The molecule has 28 heavy (non-hydrogen) atoms. The number of nitrogens with zero attached hydrogens (tertiary/aromatic N) is 1. The van der Waals surface area contributed by atoms with E-state index in [1.165, 1.54) is 9.79 Å². The second kappa shape index (κ2) is 7.78. The predicted octanol–water partition coefficient (Wildman–Crippen LogP) is 4.42. The predicted molar refractivity (Wildman–Crippen MR) is 112 cm³/mol. The SMILES string of the molecule is NC(=O)c1ccccc1NC(=O)CCN1c2ccccc2Sc2ccccc21. The lowest BCUT2D eigenvalue weighted by atomic mass is 10.1. The molecular weight excluding hydrogens is 370 g/mol. The molecule has 0 atom stereocenters. The molecule has 0 aliphatic carbocycles. The van der Waals surface area contributed by atoms with E-state index in [1.807, 2.05) is 24.3 Å². The van der Waals surface area contributed by atoms with Gasteiger partial charge in [0.1, 0.15) is 0 Å². The van der Waals surface area contributed by atoms with E-state index >= 15 is 0 Å². The van der Waals surface area contributed by atoms with Crippen LogP contribution in [0.25, 0.3) is 0 Å². The van der Waals surface area contributed by atoms with Crippen LogP contribution in [0.4, 0.5) is 17.1 Å². The molecule has 5 nitrogen and oxygen atoms in total. The number of para-hydroxylation sites is 3. The fraction of sp³-hybridized carbons (Fsp3) is 0.0909. The molecule has 0 aromatic heterocycles. The molecule has 0 spiro atoms. The Labute approximate surface area is 167 Å². The minimum absolute atomic E-state index is 0.165. The van der Waals surface area contributed by atoms with E-state index in [9.17, 15) is 9.59 Å². The van der Waals surface area contributed by atoms with Crippen molar-refractivity contribution in [3.8, 4) is 0 Å². The Morgan fingerprint density at radius 2 is 1.43 bits per heavy atom. The van der Waals surface area contributed by atoms with Crippen LogP contribution in [-0.2, 0) is 4.79 Å². The fourth-order valence-electron chi connectivity index (χ4n) is 3.26. The maximum absolute atomic E-state index is 12.6. The van der Waals surface area contributed by atoms with Gasteiger partial charge >= 0.3 is 0 Å². The summed E-state index contributed by atoms with van der Waals surface area (Å²) in [6.45, 7) is 0.527. The van der Waals surface area contributed by atoms with Crippen LogP contribution >= 0.6 is 11.8 Å². The van der Waals surface area contributed by atoms with Crippen LogP contribution in [0.3, 0.4) is 0 Å². The molecule has 1 aliphatic rings. The first kappa shape index (κ1) is 18.1. The van der Waals surface area contributed by atoms with Gasteiger partial charge in [0.2, 0.25) is 5.91 Å². The molecule has 3 N–H and O–H groups in total. The molecule has 0 unspecified atom stereocenters. The van der Waals surface area contributed by atoms with Crippen molar-refractivity contribution in [3.05, 3.63) is 78.4 Å². The first-order chi connectivity index (χ1) is 13.6. The summed E-state index contributed by atoms with van der Waals surface area (Å²) in [4.78, 5) is 28.6. The highest BCUT2D eigenvalue weighted by molar-refractivity contribution is 7.99. The lowest BCUT2D eigenvalue weighted by molar-refractivity contribution is -0.116. The van der Waals surface area contributed by atoms with Crippen molar-refractivity contribution in [1.82, 2.24) is 0 Å². The van der Waals surface area contributed by atoms with Gasteiger partial charge in [-0.15, -0.1) is 0 Å². The molecule has 0 fully saturated rings. The second-order valence-electron chi connectivity index (χ2n) is 6.40. The number of carbonyl (C=O) groups excluding carboxylic acids is 2. The van der Waals surface area contributed by atoms with Crippen LogP contribution in [0.5, 0.6) is 0 Å². The Morgan fingerprint density at radius 3 is 2.07 bits per heavy atom. The number of primary amides is 1. The average molecular weight is 389 g/mol. The summed E-state index contributed by atoms with van der Waals surface area (Å²) in [6.07, 6.45) is 0.278. The van der Waals surface area contributed by atoms with Gasteiger partial charge in [-0.25, -0.2) is 0 Å². The van der Waals surface area contributed by atoms with Gasteiger partial charge in [0.25, 0.3) is 5.91 Å². The summed E-state index contributed by atoms with van der Waals surface area (Å²) in [5.74, 6) is -0.728. The van der Waals surface area contributed by atoms with Gasteiger partial charge in [-0.05, 0) is 36.4 Å². The monoisotopic (exact) mass is 389 g/mol. The maximum Gasteiger partial charge on any atom is 0.250 e. The summed E-state index contributed by atoms with van der Waals surface area (Å²) in [7, 11) is 0. The van der Waals surface area contributed by atoms with Crippen molar-refractivity contribution in [1.29, 1.82) is 0 Å². The molecule has 0 bridgehead atoms. The summed E-state index contributed by atoms with van der Waals surface area (Å²) in [6, 6.07) is 23.1. The Bertz CT molecular complexity index is 1010. The van der Waals surface area contributed by atoms with Gasteiger partial charge in [0, 0.05) is 22.8 Å². The molecule has 2 amide bonds. The lowest BCUT2D eigenvalue weighted by Gasteiger charge is -2.32. The van der Waals surface area contributed by atoms with Crippen molar-refractivity contribution in [2.45, 2.75) is 16.2 Å². The number of hydrogen-bond acceptors (Lipinski definition) is 4. The zero-order valence-corrected chi connectivity index (χ0v) is 15.9. The van der Waals surface area contributed by atoms with E-state index < -0.39 is 5.91 Å². The topological polar surface area (TPSA) is 75.4 Å². The van der Waals surface area contributed by atoms with Crippen LogP contribution in [0.15, 0.2) is 82.6 Å². The average Bonchev–Trinajstić information content (AvgIpc) is 2.71. The summed E-state index contributed by atoms with van der Waals surface area (Å²) >= 11 is 1.73. The fourth-order valence-corrected chi connectivity index (χ4v) is 4.35. The van der Waals surface area contributed by atoms with Gasteiger partial charge in [0.15, 0.2) is 0 Å². The Balaban J connectivity index is 1.53. The van der Waals surface area contributed by atoms with E-state index in [-0.39, 0.29) is 12.3 Å². The molecule has 0 saturated heterocycles. The van der Waals surface area contributed by atoms with Gasteiger partial charge < -0.3 is 16.0 Å². The summed E-state index contributed by atoms with van der Waals surface area (Å²) < 4.78 is 0. The second-order valence-corrected chi connectivity index (χ2v) is 7.48. The quantitative estimate of drug-likeness (QED) is 0.677. The van der Waals surface area contributed by atoms with E-state index in [2.05, 4.69) is 34.5 Å². The minimum atomic E-state index is -0.563. The van der Waals surface area contributed by atoms with Gasteiger partial charge in [-0.1, -0.05) is 48.2 Å². The standard InChI is InChI=1S/C22H19N3O2S/c23-22(27)15-7-1-2-8-16(15)24-21(26)13-14-25-17-9-3-5-11-19(17)28-20-12-6-4-10-18(20)25/h1-12H,13-14H2,(H2,23,27)(H,24,26). The number of amides is 2. The summed E-state index contributed by atoms with van der Waals surface area (Å²) in [5, 5.41) is 2.81. The molecule has 1 heterocycles. The highest BCUT2D eigenvalue weighted by atomic mass is 32.2. The zero-order valence-electron chi connectivity index (χ0n) is 15.1. The van der Waals surface area contributed by atoms with Crippen LogP contribution in [0.2, 0.25) is 0 Å². The third kappa shape index (κ3) is 3.59. The molecule has 140 valence electrons. The van der Waals surface area contributed by atoms with E-state index in [4.69, 9.17) is 5.73 Å². The normalized spacial score (nSPS) is 12.1. The number of carbonyl (C=O) groups is 2. The Kier molecular flexibility index (Phi) is 5.04. The number of anilines is 3. The van der Waals surface area contributed by atoms with Crippen LogP contribution in [0, 0.1) is 0 Å². The van der Waals surface area contributed by atoms with Gasteiger partial charge in [-0.2, -0.15) is 0 Å². The number of rotatable bonds is 5. The van der Waals surface area contributed by atoms with Crippen molar-refractivity contribution < 1.29 is 9.59 Å². The first-order valence-electron chi connectivity index (χ1n) is 8.95. The minimum Gasteiger partial charge on any atom is -0.366 e. The molecule has 1 aliphatic heterocycles. The first-order valence-corrected chi connectivity index (χ1v) is 9.77. The van der Waals surface area contributed by atoms with Crippen molar-refractivity contribution in [2.24, 2.45) is 5.73 Å². The molecule has 6 heteroatoms. The van der Waals surface area contributed by atoms with Gasteiger partial charge in [-0.3, -0.25) is 9.59 Å². The Morgan fingerprint density at radius 1 is 0.857 bits per heavy atom. The zero-order chi connectivity index (χ0) is 19.5. The molecule has 0 saturated carbocycles. The third-order valence-corrected chi connectivity index (χ3v) is 5.69. The van der Waals surface area contributed by atoms with E-state index in [1.54, 1.807) is 36.0 Å². The van der Waals surface area contributed by atoms with Crippen molar-refractivity contribution in [2.75, 3.05) is 16.8 Å². The smallest absolute Gasteiger partial charge is 0.250 e. The number of nitrogens with two attached hydrogens (primary N) is 1. The van der Waals surface area contributed by atoms with Crippen LogP contribution in [0.1, 0.15) is 16.8 Å². The van der Waals surface area contributed by atoms with E-state index in [0.717, 1.165) is 11.4 Å². The number of fused-ring (bicyclic) bond motifs is 2. The Hall–Kier alpha value is -3.25. The highest BCUT2D eigenvalue weighted by Crippen LogP contribution is 2.47.